The zero-order valence-corrected chi connectivity index (χ0v) is 20.0. The molecule has 0 saturated carbocycles. The summed E-state index contributed by atoms with van der Waals surface area (Å²) < 4.78 is 28.5. The molecule has 6 rings (SSSR count). The van der Waals surface area contributed by atoms with Gasteiger partial charge in [-0.3, -0.25) is 14.2 Å². The topological polar surface area (TPSA) is 92.2 Å². The van der Waals surface area contributed by atoms with Gasteiger partial charge < -0.3 is 15.5 Å². The quantitative estimate of drug-likeness (QED) is 0.436. The van der Waals surface area contributed by atoms with Gasteiger partial charge in [0, 0.05) is 60.4 Å². The molecule has 4 aromatic rings. The molecule has 2 bridgehead atoms. The number of amides is 1. The Bertz CT molecular complexity index is 1590. The monoisotopic (exact) mass is 502 g/mol. The average molecular weight is 503 g/mol. The highest BCUT2D eigenvalue weighted by molar-refractivity contribution is 5.94. The van der Waals surface area contributed by atoms with Gasteiger partial charge in [-0.2, -0.15) is 4.98 Å². The number of rotatable bonds is 5. The van der Waals surface area contributed by atoms with Crippen molar-refractivity contribution < 1.29 is 13.6 Å². The third kappa shape index (κ3) is 4.23. The van der Waals surface area contributed by atoms with Crippen LogP contribution in [0.3, 0.4) is 0 Å². The molecule has 0 radical (unpaired) electrons. The van der Waals surface area contributed by atoms with Crippen LogP contribution in [-0.2, 0) is 6.54 Å². The van der Waals surface area contributed by atoms with Crippen LogP contribution in [0.4, 0.5) is 14.7 Å². The number of aromatic nitrogens is 3. The van der Waals surface area contributed by atoms with Gasteiger partial charge in [-0.05, 0) is 49.7 Å². The van der Waals surface area contributed by atoms with Crippen LogP contribution in [0.2, 0.25) is 0 Å². The van der Waals surface area contributed by atoms with E-state index in [1.807, 2.05) is 6.92 Å². The Hall–Kier alpha value is -4.18. The number of carbonyl (C=O) groups is 1. The molecule has 1 amide bonds. The fraction of sp³-hybridized carbons (Fsp3) is 0.259. The first-order valence-electron chi connectivity index (χ1n) is 12.1. The molecule has 2 aliphatic heterocycles. The summed E-state index contributed by atoms with van der Waals surface area (Å²) in [5, 5.41) is 6.88. The molecule has 0 spiro atoms. The predicted octanol–water partition coefficient (Wildman–Crippen LogP) is 2.85. The van der Waals surface area contributed by atoms with Crippen molar-refractivity contribution in [3.05, 3.63) is 93.4 Å². The largest absolute Gasteiger partial charge is 0.348 e. The van der Waals surface area contributed by atoms with Crippen molar-refractivity contribution in [2.24, 2.45) is 0 Å². The van der Waals surface area contributed by atoms with Gasteiger partial charge in [0.05, 0.1) is 11.4 Å². The molecule has 2 saturated heterocycles. The third-order valence-corrected chi connectivity index (χ3v) is 7.08. The molecule has 8 nitrogen and oxygen atoms in total. The molecule has 2 aromatic carbocycles. The van der Waals surface area contributed by atoms with Crippen LogP contribution in [0.25, 0.3) is 16.7 Å². The van der Waals surface area contributed by atoms with Crippen LogP contribution < -0.4 is 21.1 Å². The van der Waals surface area contributed by atoms with Gasteiger partial charge >= 0.3 is 0 Å². The van der Waals surface area contributed by atoms with Gasteiger partial charge in [0.15, 0.2) is 5.65 Å². The highest BCUT2D eigenvalue weighted by atomic mass is 19.1. The van der Waals surface area contributed by atoms with Crippen LogP contribution >= 0.6 is 0 Å². The van der Waals surface area contributed by atoms with Crippen LogP contribution in [0.15, 0.2) is 59.4 Å². The van der Waals surface area contributed by atoms with Crippen molar-refractivity contribution in [2.75, 3.05) is 18.0 Å². The van der Waals surface area contributed by atoms with Gasteiger partial charge in [-0.15, -0.1) is 0 Å². The number of pyridine rings is 1. The lowest BCUT2D eigenvalue weighted by molar-refractivity contribution is 0.0950. The molecule has 2 aliphatic rings. The van der Waals surface area contributed by atoms with E-state index in [0.29, 0.717) is 34.9 Å². The second kappa shape index (κ2) is 9.04. The van der Waals surface area contributed by atoms with Gasteiger partial charge in [-0.1, -0.05) is 6.07 Å². The second-order valence-corrected chi connectivity index (χ2v) is 9.47. The van der Waals surface area contributed by atoms with Gasteiger partial charge in [0.25, 0.3) is 11.5 Å². The minimum Gasteiger partial charge on any atom is -0.348 e. The number of hydrogen-bond donors (Lipinski definition) is 2. The van der Waals surface area contributed by atoms with E-state index in [9.17, 15) is 18.4 Å². The fourth-order valence-electron chi connectivity index (χ4n) is 5.14. The molecule has 2 aromatic heterocycles. The van der Waals surface area contributed by atoms with E-state index >= 15 is 0 Å². The molecule has 188 valence electrons. The highest BCUT2D eigenvalue weighted by Gasteiger charge is 2.39. The van der Waals surface area contributed by atoms with Crippen LogP contribution in [0, 0.1) is 18.6 Å². The van der Waals surface area contributed by atoms with Crippen molar-refractivity contribution >= 4 is 22.9 Å². The third-order valence-electron chi connectivity index (χ3n) is 7.08. The number of anilines is 1. The summed E-state index contributed by atoms with van der Waals surface area (Å²) >= 11 is 0. The molecular weight excluding hydrogens is 478 g/mol. The van der Waals surface area contributed by atoms with Crippen LogP contribution in [0.1, 0.15) is 28.0 Å². The molecule has 2 N–H and O–H groups in total. The molecular formula is C27H24F2N6O2. The maximum absolute atomic E-state index is 13.9. The van der Waals surface area contributed by atoms with Crippen molar-refractivity contribution in [1.29, 1.82) is 0 Å². The van der Waals surface area contributed by atoms with E-state index in [0.717, 1.165) is 42.7 Å². The summed E-state index contributed by atoms with van der Waals surface area (Å²) in [4.78, 5) is 37.3. The lowest BCUT2D eigenvalue weighted by atomic mass is 10.1. The zero-order valence-electron chi connectivity index (χ0n) is 20.0. The van der Waals surface area contributed by atoms with E-state index in [2.05, 4.69) is 15.5 Å². The second-order valence-electron chi connectivity index (χ2n) is 9.47. The lowest BCUT2D eigenvalue weighted by Crippen LogP contribution is -2.44. The number of carbonyl (C=O) groups excluding carboxylic acids is 1. The van der Waals surface area contributed by atoms with E-state index < -0.39 is 17.5 Å². The van der Waals surface area contributed by atoms with Crippen molar-refractivity contribution in [2.45, 2.75) is 32.0 Å². The van der Waals surface area contributed by atoms with Crippen LogP contribution in [-0.4, -0.2) is 45.6 Å². The lowest BCUT2D eigenvalue weighted by Gasteiger charge is -2.28. The van der Waals surface area contributed by atoms with Crippen molar-refractivity contribution in [1.82, 2.24) is 25.2 Å². The Morgan fingerprint density at radius 3 is 2.62 bits per heavy atom. The van der Waals surface area contributed by atoms with E-state index in [1.54, 1.807) is 30.3 Å². The molecule has 2 atom stereocenters. The maximum Gasteiger partial charge on any atom is 0.256 e. The summed E-state index contributed by atoms with van der Waals surface area (Å²) in [6, 6.07) is 13.7. The minimum atomic E-state index is -0.722. The SMILES string of the molecule is Cc1nc(N2CC3CC2CN3)nc2c1ccc(=O)n2-c1ccc(C(=O)NCc2ccc(F)cc2F)cc1. The van der Waals surface area contributed by atoms with Gasteiger partial charge in [-0.25, -0.2) is 13.8 Å². The number of hydrogen-bond acceptors (Lipinski definition) is 6. The number of halogens is 2. The molecule has 37 heavy (non-hydrogen) atoms. The van der Waals surface area contributed by atoms with Gasteiger partial charge in [0.2, 0.25) is 5.95 Å². The Balaban J connectivity index is 1.29. The van der Waals surface area contributed by atoms with E-state index in [-0.39, 0.29) is 17.7 Å². The number of aryl methyl sites for hydroxylation is 1. The summed E-state index contributed by atoms with van der Waals surface area (Å²) in [6.07, 6.45) is 1.05. The first-order valence-corrected chi connectivity index (χ1v) is 12.1. The van der Waals surface area contributed by atoms with Crippen LogP contribution in [0.5, 0.6) is 0 Å². The normalized spacial score (nSPS) is 18.5. The minimum absolute atomic E-state index is 0.0810. The van der Waals surface area contributed by atoms with Gasteiger partial charge in [0.1, 0.15) is 11.6 Å². The number of nitrogens with zero attached hydrogens (tertiary/aromatic N) is 4. The molecule has 2 unspecified atom stereocenters. The van der Waals surface area contributed by atoms with Crippen molar-refractivity contribution in [3.63, 3.8) is 0 Å². The number of piperazine rings is 1. The number of fused-ring (bicyclic) bond motifs is 3. The zero-order chi connectivity index (χ0) is 25.7. The highest BCUT2D eigenvalue weighted by Crippen LogP contribution is 2.29. The Morgan fingerprint density at radius 2 is 1.92 bits per heavy atom. The molecule has 4 heterocycles. The Labute approximate surface area is 211 Å². The Morgan fingerprint density at radius 1 is 1.11 bits per heavy atom. The average Bonchev–Trinajstić information content (AvgIpc) is 3.52. The summed E-state index contributed by atoms with van der Waals surface area (Å²) in [7, 11) is 0. The first-order chi connectivity index (χ1) is 17.9. The van der Waals surface area contributed by atoms with E-state index in [4.69, 9.17) is 9.97 Å². The maximum atomic E-state index is 13.9. The number of nitrogens with one attached hydrogen (secondary N) is 2. The summed E-state index contributed by atoms with van der Waals surface area (Å²) in [6.45, 7) is 3.55. The fourth-order valence-corrected chi connectivity index (χ4v) is 5.14. The smallest absolute Gasteiger partial charge is 0.256 e. The Kier molecular flexibility index (Phi) is 5.68. The van der Waals surface area contributed by atoms with E-state index in [1.165, 1.54) is 16.7 Å². The number of benzene rings is 2. The first kappa shape index (κ1) is 23.2. The molecule has 0 aliphatic carbocycles. The summed E-state index contributed by atoms with van der Waals surface area (Å²) in [5.74, 6) is -1.20. The van der Waals surface area contributed by atoms with Crippen molar-refractivity contribution in [3.8, 4) is 5.69 Å². The predicted molar refractivity (Wildman–Crippen MR) is 135 cm³/mol. The summed E-state index contributed by atoms with van der Waals surface area (Å²) in [5.41, 5.74) is 2.13. The molecule has 10 heteroatoms. The molecule has 2 fully saturated rings. The standard InChI is InChI=1S/C27H24F2N6O2/c1-15-22-8-9-24(36)35(25(22)33-27(32-15)34-14-19-11-21(34)13-30-19)20-6-3-16(4-7-20)26(37)31-12-17-2-5-18(28)10-23(17)29/h2-10,19,21,30H,11-14H2,1H3,(H,31,37).